The SMILES string of the molecule is C1CCOC1.CCOC(=O)c1cc(C(=O)C2CCOCC2)cc(F)c1C(=O)c1ccc(Cl)cc1.CCOC(=O)c1cc(F)cc(B(O)O)c1.CCOC(=O)c1cc(F)cc(C(=O)C2CCOCC2)c1.Cc1ccc(SC(=O)C2CCOCC2)cc1. The first-order valence-corrected chi connectivity index (χ1v) is 29.3. The number of Topliss-reactive ketones (excluding diaryl/α,β-unsaturated/α-hetero) is 2. The number of halogens is 4. The molecule has 5 aromatic carbocycles. The highest BCUT2D eigenvalue weighted by Crippen LogP contribution is 2.29. The second-order valence-electron chi connectivity index (χ2n) is 19.7. The molecule has 5 aromatic rings. The molecule has 22 heteroatoms. The molecule has 0 unspecified atom stereocenters. The van der Waals surface area contributed by atoms with Crippen molar-refractivity contribution >= 4 is 76.3 Å². The maximum atomic E-state index is 15.0. The van der Waals surface area contributed by atoms with Crippen molar-refractivity contribution in [3.8, 4) is 0 Å². The Morgan fingerprint density at radius 2 is 0.965 bits per heavy atom. The van der Waals surface area contributed by atoms with E-state index in [9.17, 15) is 42.3 Å². The molecule has 0 amide bonds. The number of aryl methyl sites for hydroxylation is 1. The van der Waals surface area contributed by atoms with E-state index >= 15 is 4.39 Å². The Morgan fingerprint density at radius 3 is 1.44 bits per heavy atom. The summed E-state index contributed by atoms with van der Waals surface area (Å²) in [6.45, 7) is 12.8. The van der Waals surface area contributed by atoms with Crippen LogP contribution in [0, 0.1) is 42.1 Å². The van der Waals surface area contributed by atoms with Gasteiger partial charge in [0.05, 0.1) is 42.1 Å². The minimum atomic E-state index is -1.81. The van der Waals surface area contributed by atoms with Crippen LogP contribution in [-0.2, 0) is 38.0 Å². The lowest BCUT2D eigenvalue weighted by Crippen LogP contribution is -2.31. The predicted molar refractivity (Wildman–Crippen MR) is 313 cm³/mol. The van der Waals surface area contributed by atoms with Gasteiger partial charge < -0.3 is 43.2 Å². The van der Waals surface area contributed by atoms with Crippen molar-refractivity contribution in [2.24, 2.45) is 17.8 Å². The van der Waals surface area contributed by atoms with E-state index in [1.54, 1.807) is 20.8 Å². The van der Waals surface area contributed by atoms with Crippen molar-refractivity contribution < 1.29 is 89.9 Å². The molecule has 4 aliphatic heterocycles. The van der Waals surface area contributed by atoms with E-state index in [-0.39, 0.29) is 93.1 Å². The highest BCUT2D eigenvalue weighted by atomic mass is 35.5. The lowest BCUT2D eigenvalue weighted by atomic mass is 9.79. The summed E-state index contributed by atoms with van der Waals surface area (Å²) in [6, 6.07) is 23.0. The van der Waals surface area contributed by atoms with Gasteiger partial charge in [-0.3, -0.25) is 19.2 Å². The van der Waals surface area contributed by atoms with Gasteiger partial charge in [-0.05, 0) is 169 Å². The first-order valence-electron chi connectivity index (χ1n) is 28.1. The third-order valence-corrected chi connectivity index (χ3v) is 14.7. The van der Waals surface area contributed by atoms with Gasteiger partial charge in [0.1, 0.15) is 17.5 Å². The average molecular weight is 1220 g/mol. The quantitative estimate of drug-likeness (QED) is 0.0327. The van der Waals surface area contributed by atoms with Gasteiger partial charge in [-0.2, -0.15) is 0 Å². The molecule has 4 heterocycles. The zero-order valence-corrected chi connectivity index (χ0v) is 49.6. The molecule has 0 saturated carbocycles. The molecule has 0 bridgehead atoms. The second-order valence-corrected chi connectivity index (χ2v) is 21.2. The Labute approximate surface area is 502 Å². The fourth-order valence-electron chi connectivity index (χ4n) is 8.89. The third-order valence-electron chi connectivity index (χ3n) is 13.4. The number of ketones is 3. The second kappa shape index (κ2) is 36.4. The van der Waals surface area contributed by atoms with Crippen molar-refractivity contribution in [2.45, 2.75) is 84.0 Å². The van der Waals surface area contributed by atoms with Crippen LogP contribution in [-0.4, -0.2) is 130 Å². The highest BCUT2D eigenvalue weighted by molar-refractivity contribution is 8.13. The van der Waals surface area contributed by atoms with Crippen molar-refractivity contribution in [1.29, 1.82) is 0 Å². The first-order chi connectivity index (χ1) is 40.8. The third kappa shape index (κ3) is 22.7. The monoisotopic (exact) mass is 1220 g/mol. The summed E-state index contributed by atoms with van der Waals surface area (Å²) < 4.78 is 76.7. The van der Waals surface area contributed by atoms with Crippen LogP contribution in [0.25, 0.3) is 0 Å². The number of thioether (sulfide) groups is 1. The normalized spacial score (nSPS) is 15.1. The molecular formula is C63H71BClF3O16S. The van der Waals surface area contributed by atoms with E-state index in [1.165, 1.54) is 78.7 Å². The molecule has 0 radical (unpaired) electrons. The first kappa shape index (κ1) is 69.2. The largest absolute Gasteiger partial charge is 0.488 e. The van der Waals surface area contributed by atoms with Gasteiger partial charge in [-0.1, -0.05) is 41.1 Å². The fourth-order valence-corrected chi connectivity index (χ4v) is 9.93. The van der Waals surface area contributed by atoms with Crippen molar-refractivity contribution in [1.82, 2.24) is 0 Å². The van der Waals surface area contributed by atoms with Crippen molar-refractivity contribution in [2.75, 3.05) is 72.7 Å². The van der Waals surface area contributed by atoms with Crippen molar-refractivity contribution in [3.05, 3.63) is 164 Å². The summed E-state index contributed by atoms with van der Waals surface area (Å²) in [5.41, 5.74) is 0.923. The number of rotatable bonds is 15. The predicted octanol–water partition coefficient (Wildman–Crippen LogP) is 10.6. The fraction of sp³-hybridized carbons (Fsp3) is 0.413. The summed E-state index contributed by atoms with van der Waals surface area (Å²) in [6.07, 6.45) is 6.62. The molecule has 0 aliphatic carbocycles. The van der Waals surface area contributed by atoms with Crippen LogP contribution < -0.4 is 5.46 Å². The average Bonchev–Trinajstić information content (AvgIpc) is 3.39. The zero-order chi connectivity index (χ0) is 61.8. The topological polar surface area (TPSA) is 225 Å². The van der Waals surface area contributed by atoms with Gasteiger partial charge in [0, 0.05) is 97.2 Å². The molecule has 0 atom stereocenters. The molecule has 85 heavy (non-hydrogen) atoms. The molecular weight excluding hydrogens is 1150 g/mol. The standard InChI is InChI=1S/C22H20ClFO5.C15H17FO4.C13H16O2S.C9H10BFO4.C4H8O/c1-2-29-22(27)17-11-15(20(25)14-7-9-28-10-8-14)12-18(24)19(17)21(26)13-3-5-16(23)6-4-13;1-2-20-15(18)12-7-11(8-13(16)9-12)14(17)10-3-5-19-6-4-10;1-10-2-4-12(5-3-10)16-13(14)11-6-8-15-9-7-11;1-2-15-9(12)6-3-7(10(13)14)5-8(11)4-6;1-2-4-5-3-1/h3-6,11-12,14H,2,7-10H2,1H3;7-10H,2-6H2,1H3;2-5,11H,6-9H2,1H3;3-5,13-14H,2H2,1H3;1-4H2. The molecule has 9 rings (SSSR count). The number of esters is 3. The molecule has 4 saturated heterocycles. The molecule has 16 nitrogen and oxygen atoms in total. The van der Waals surface area contributed by atoms with Crippen LogP contribution in [0.15, 0.2) is 102 Å². The number of hydrogen-bond acceptors (Lipinski definition) is 17. The maximum absolute atomic E-state index is 15.0. The lowest BCUT2D eigenvalue weighted by molar-refractivity contribution is -0.117. The number of hydrogen-bond donors (Lipinski definition) is 2. The van der Waals surface area contributed by atoms with Crippen LogP contribution >= 0.6 is 23.4 Å². The Kier molecular flexibility index (Phi) is 29.7. The van der Waals surface area contributed by atoms with Gasteiger partial charge in [0.2, 0.25) is 0 Å². The Balaban J connectivity index is 0.000000208. The van der Waals surface area contributed by atoms with E-state index in [2.05, 4.69) is 11.7 Å². The Morgan fingerprint density at radius 1 is 0.529 bits per heavy atom. The smallest absolute Gasteiger partial charge is 0.462 e. The van der Waals surface area contributed by atoms with E-state index in [4.69, 9.17) is 50.1 Å². The number of benzene rings is 5. The lowest BCUT2D eigenvalue weighted by Gasteiger charge is -2.21. The van der Waals surface area contributed by atoms with Gasteiger partial charge in [0.15, 0.2) is 22.5 Å². The van der Waals surface area contributed by atoms with Gasteiger partial charge >= 0.3 is 25.0 Å². The van der Waals surface area contributed by atoms with E-state index in [1.807, 2.05) is 24.3 Å². The summed E-state index contributed by atoms with van der Waals surface area (Å²) in [4.78, 5) is 86.3. The highest BCUT2D eigenvalue weighted by Gasteiger charge is 2.30. The molecule has 0 spiro atoms. The maximum Gasteiger partial charge on any atom is 0.488 e. The summed E-state index contributed by atoms with van der Waals surface area (Å²) in [5.74, 6) is -5.83. The van der Waals surface area contributed by atoms with Crippen LogP contribution in [0.3, 0.4) is 0 Å². The molecule has 0 aromatic heterocycles. The number of ether oxygens (including phenoxy) is 7. The van der Waals surface area contributed by atoms with Crippen LogP contribution in [0.2, 0.25) is 5.02 Å². The minimum Gasteiger partial charge on any atom is -0.462 e. The zero-order valence-electron chi connectivity index (χ0n) is 48.0. The summed E-state index contributed by atoms with van der Waals surface area (Å²) in [7, 11) is -1.81. The van der Waals surface area contributed by atoms with Crippen molar-refractivity contribution in [3.63, 3.8) is 0 Å². The van der Waals surface area contributed by atoms with Crippen LogP contribution in [0.1, 0.15) is 145 Å². The Hall–Kier alpha value is -6.56. The van der Waals surface area contributed by atoms with E-state index in [0.29, 0.717) is 57.1 Å². The van der Waals surface area contributed by atoms with Gasteiger partial charge in [-0.25, -0.2) is 27.6 Å². The Bertz CT molecular complexity index is 3010. The molecule has 4 fully saturated rings. The van der Waals surface area contributed by atoms with Gasteiger partial charge in [0.25, 0.3) is 0 Å². The minimum absolute atomic E-state index is 0.0417. The van der Waals surface area contributed by atoms with Crippen LogP contribution in [0.4, 0.5) is 13.2 Å². The molecule has 2 N–H and O–H groups in total. The number of carbonyl (C=O) groups is 7. The number of carbonyl (C=O) groups excluding carboxylic acids is 7. The molecule has 456 valence electrons. The summed E-state index contributed by atoms with van der Waals surface area (Å²) in [5, 5.41) is 18.3. The van der Waals surface area contributed by atoms with Gasteiger partial charge in [-0.15, -0.1) is 0 Å². The summed E-state index contributed by atoms with van der Waals surface area (Å²) >= 11 is 7.20. The van der Waals surface area contributed by atoms with E-state index in [0.717, 1.165) is 68.4 Å². The van der Waals surface area contributed by atoms with Crippen LogP contribution in [0.5, 0.6) is 0 Å². The van der Waals surface area contributed by atoms with E-state index < -0.39 is 53.8 Å². The molecule has 4 aliphatic rings.